The Morgan fingerprint density at radius 1 is 1.16 bits per heavy atom. The minimum absolute atomic E-state index is 0.227. The molecule has 0 bridgehead atoms. The first-order chi connectivity index (χ1) is 12.0. The van der Waals surface area contributed by atoms with Gasteiger partial charge in [0.1, 0.15) is 13.1 Å². The smallest absolute Gasteiger partial charge is 0.243 e. The Morgan fingerprint density at radius 2 is 1.88 bits per heavy atom. The van der Waals surface area contributed by atoms with Crippen molar-refractivity contribution in [2.24, 2.45) is 0 Å². The molecule has 1 saturated heterocycles. The molecular weight excluding hydrogens is 357 g/mol. The number of quaternary nitrogens is 1. The Bertz CT molecular complexity index is 627. The molecule has 0 unspecified atom stereocenters. The van der Waals surface area contributed by atoms with E-state index in [1.165, 1.54) is 4.90 Å². The van der Waals surface area contributed by atoms with Gasteiger partial charge in [0.15, 0.2) is 22.6 Å². The molecule has 10 heteroatoms. The van der Waals surface area contributed by atoms with Crippen LogP contribution in [0.25, 0.3) is 0 Å². The first kappa shape index (κ1) is 19.4. The lowest BCUT2D eigenvalue weighted by molar-refractivity contribution is -0.906. The van der Waals surface area contributed by atoms with E-state index in [0.717, 1.165) is 45.0 Å². The summed E-state index contributed by atoms with van der Waals surface area (Å²) in [5.74, 6) is -5.02. The summed E-state index contributed by atoms with van der Waals surface area (Å²) >= 11 is 5.05. The number of morpholine rings is 1. The van der Waals surface area contributed by atoms with Crippen molar-refractivity contribution >= 4 is 28.9 Å². The maximum atomic E-state index is 13.5. The number of rotatable bonds is 6. The number of benzene rings is 1. The van der Waals surface area contributed by atoms with E-state index in [4.69, 9.17) is 17.0 Å². The summed E-state index contributed by atoms with van der Waals surface area (Å²) < 4.78 is 44.7. The number of anilines is 1. The summed E-state index contributed by atoms with van der Waals surface area (Å²) in [7, 11) is 0. The lowest BCUT2D eigenvalue weighted by Gasteiger charge is -2.24. The van der Waals surface area contributed by atoms with Crippen molar-refractivity contribution in [3.8, 4) is 0 Å². The number of ether oxygens (including phenoxy) is 1. The Labute approximate surface area is 148 Å². The Kier molecular flexibility index (Phi) is 7.41. The number of thiocarbonyl (C=S) groups is 1. The SMILES string of the molecule is O=C(CNC(=S)NCC[NH+]1CCOCC1)Nc1ccc(F)c(F)c1F. The Morgan fingerprint density at radius 3 is 2.60 bits per heavy atom. The number of carbonyl (C=O) groups is 1. The van der Waals surface area contributed by atoms with Gasteiger partial charge in [-0.15, -0.1) is 0 Å². The molecule has 138 valence electrons. The van der Waals surface area contributed by atoms with Gasteiger partial charge in [-0.25, -0.2) is 13.2 Å². The second-order valence-electron chi connectivity index (χ2n) is 5.49. The van der Waals surface area contributed by atoms with Gasteiger partial charge in [0.2, 0.25) is 5.91 Å². The molecule has 0 radical (unpaired) electrons. The van der Waals surface area contributed by atoms with E-state index < -0.39 is 29.0 Å². The summed E-state index contributed by atoms with van der Waals surface area (Å²) in [5.41, 5.74) is -0.430. The molecule has 1 aliphatic rings. The molecule has 1 aromatic carbocycles. The molecule has 1 amide bonds. The molecule has 0 aliphatic carbocycles. The summed E-state index contributed by atoms with van der Waals surface area (Å²) in [5, 5.41) is 8.08. The third kappa shape index (κ3) is 6.15. The second-order valence-corrected chi connectivity index (χ2v) is 5.90. The fraction of sp³-hybridized carbons (Fsp3) is 0.467. The van der Waals surface area contributed by atoms with Crippen LogP contribution >= 0.6 is 12.2 Å². The van der Waals surface area contributed by atoms with Crippen LogP contribution in [0.15, 0.2) is 12.1 Å². The minimum atomic E-state index is -1.63. The quantitative estimate of drug-likeness (QED) is 0.395. The molecule has 0 aromatic heterocycles. The summed E-state index contributed by atoms with van der Waals surface area (Å²) in [6.45, 7) is 4.68. The van der Waals surface area contributed by atoms with Gasteiger partial charge in [0, 0.05) is 0 Å². The number of hydrogen-bond acceptors (Lipinski definition) is 3. The van der Waals surface area contributed by atoms with E-state index in [9.17, 15) is 18.0 Å². The van der Waals surface area contributed by atoms with Crippen LogP contribution in [0.3, 0.4) is 0 Å². The molecule has 1 aromatic rings. The maximum Gasteiger partial charge on any atom is 0.243 e. The molecule has 0 saturated carbocycles. The number of halogens is 3. The topological polar surface area (TPSA) is 66.8 Å². The highest BCUT2D eigenvalue weighted by atomic mass is 32.1. The molecule has 2 rings (SSSR count). The largest absolute Gasteiger partial charge is 0.370 e. The molecular formula is C15H20F3N4O2S+. The standard InChI is InChI=1S/C15H19F3N4O2S/c16-10-1-2-11(14(18)13(10)17)21-12(23)9-20-15(25)19-3-4-22-5-7-24-8-6-22/h1-2H,3-9H2,(H,21,23)(H2,19,20,25)/p+1. The van der Waals surface area contributed by atoms with Crippen LogP contribution in [0.1, 0.15) is 0 Å². The lowest BCUT2D eigenvalue weighted by atomic mass is 10.2. The van der Waals surface area contributed by atoms with Gasteiger partial charge in [0.05, 0.1) is 38.5 Å². The summed E-state index contributed by atoms with van der Waals surface area (Å²) in [6, 6.07) is 1.69. The molecule has 6 nitrogen and oxygen atoms in total. The van der Waals surface area contributed by atoms with Crippen LogP contribution in [-0.2, 0) is 9.53 Å². The zero-order valence-electron chi connectivity index (χ0n) is 13.5. The number of nitrogens with one attached hydrogen (secondary N) is 4. The van der Waals surface area contributed by atoms with E-state index in [1.54, 1.807) is 0 Å². The van der Waals surface area contributed by atoms with Gasteiger partial charge in [0.25, 0.3) is 0 Å². The molecule has 1 aliphatic heterocycles. The third-order valence-electron chi connectivity index (χ3n) is 3.68. The predicted octanol–water partition coefficient (Wildman–Crippen LogP) is -0.578. The zero-order valence-corrected chi connectivity index (χ0v) is 14.3. The highest BCUT2D eigenvalue weighted by Crippen LogP contribution is 2.19. The van der Waals surface area contributed by atoms with Crippen LogP contribution < -0.4 is 20.9 Å². The number of hydrogen-bond donors (Lipinski definition) is 4. The van der Waals surface area contributed by atoms with Crippen molar-refractivity contribution in [2.45, 2.75) is 0 Å². The normalized spacial score (nSPS) is 14.8. The second kappa shape index (κ2) is 9.54. The summed E-state index contributed by atoms with van der Waals surface area (Å²) in [4.78, 5) is 13.1. The fourth-order valence-corrected chi connectivity index (χ4v) is 2.48. The van der Waals surface area contributed by atoms with Crippen molar-refractivity contribution in [1.82, 2.24) is 10.6 Å². The third-order valence-corrected chi connectivity index (χ3v) is 3.97. The number of carbonyl (C=O) groups excluding carboxylic acids is 1. The van der Waals surface area contributed by atoms with Gasteiger partial charge in [-0.2, -0.15) is 0 Å². The predicted molar refractivity (Wildman–Crippen MR) is 89.9 cm³/mol. The van der Waals surface area contributed by atoms with E-state index >= 15 is 0 Å². The van der Waals surface area contributed by atoms with Gasteiger partial charge in [-0.05, 0) is 24.4 Å². The highest BCUT2D eigenvalue weighted by Gasteiger charge is 2.15. The number of amides is 1. The van der Waals surface area contributed by atoms with Crippen LogP contribution in [0.4, 0.5) is 18.9 Å². The molecule has 4 N–H and O–H groups in total. The van der Waals surface area contributed by atoms with E-state index in [0.29, 0.717) is 6.54 Å². The summed E-state index contributed by atoms with van der Waals surface area (Å²) in [6.07, 6.45) is 0. The van der Waals surface area contributed by atoms with Gasteiger partial charge >= 0.3 is 0 Å². The van der Waals surface area contributed by atoms with Crippen molar-refractivity contribution in [1.29, 1.82) is 0 Å². The molecule has 0 spiro atoms. The van der Waals surface area contributed by atoms with E-state index in [1.807, 2.05) is 0 Å². The monoisotopic (exact) mass is 377 g/mol. The van der Waals surface area contributed by atoms with Gasteiger partial charge < -0.3 is 25.6 Å². The fourth-order valence-electron chi connectivity index (χ4n) is 2.30. The Hall–Kier alpha value is -1.91. The maximum absolute atomic E-state index is 13.5. The molecule has 1 heterocycles. The van der Waals surface area contributed by atoms with Gasteiger partial charge in [-0.1, -0.05) is 0 Å². The lowest BCUT2D eigenvalue weighted by Crippen LogP contribution is -3.14. The molecule has 1 fully saturated rings. The average Bonchev–Trinajstić information content (AvgIpc) is 2.61. The van der Waals surface area contributed by atoms with Crippen molar-refractivity contribution < 1.29 is 27.6 Å². The van der Waals surface area contributed by atoms with Crippen LogP contribution in [-0.4, -0.2) is 57.0 Å². The average molecular weight is 377 g/mol. The van der Waals surface area contributed by atoms with Crippen molar-refractivity contribution in [3.63, 3.8) is 0 Å². The first-order valence-electron chi connectivity index (χ1n) is 7.83. The van der Waals surface area contributed by atoms with E-state index in [2.05, 4.69) is 16.0 Å². The van der Waals surface area contributed by atoms with Crippen LogP contribution in [0.5, 0.6) is 0 Å². The Balaban J connectivity index is 1.67. The van der Waals surface area contributed by atoms with Crippen LogP contribution in [0.2, 0.25) is 0 Å². The molecule has 0 atom stereocenters. The molecule has 25 heavy (non-hydrogen) atoms. The van der Waals surface area contributed by atoms with E-state index in [-0.39, 0.29) is 11.7 Å². The van der Waals surface area contributed by atoms with Gasteiger partial charge in [-0.3, -0.25) is 4.79 Å². The van der Waals surface area contributed by atoms with Crippen LogP contribution in [0, 0.1) is 17.5 Å². The highest BCUT2D eigenvalue weighted by molar-refractivity contribution is 7.80. The minimum Gasteiger partial charge on any atom is -0.370 e. The van der Waals surface area contributed by atoms with Crippen molar-refractivity contribution in [2.75, 3.05) is 51.3 Å². The zero-order chi connectivity index (χ0) is 18.2. The first-order valence-corrected chi connectivity index (χ1v) is 8.24. The van der Waals surface area contributed by atoms with Crippen molar-refractivity contribution in [3.05, 3.63) is 29.6 Å².